The van der Waals surface area contributed by atoms with Gasteiger partial charge in [-0.25, -0.2) is 17.6 Å². The zero-order valence-electron chi connectivity index (χ0n) is 12.4. The fourth-order valence-corrected chi connectivity index (χ4v) is 3.84. The lowest BCUT2D eigenvalue weighted by Crippen LogP contribution is -2.45. The number of aliphatic hydroxyl groups is 1. The molecule has 1 aliphatic heterocycles. The van der Waals surface area contributed by atoms with Crippen LogP contribution in [-0.4, -0.2) is 56.4 Å². The van der Waals surface area contributed by atoms with Crippen molar-refractivity contribution in [1.82, 2.24) is 10.6 Å². The Morgan fingerprint density at radius 1 is 1.48 bits per heavy atom. The van der Waals surface area contributed by atoms with Crippen LogP contribution in [0.2, 0.25) is 0 Å². The number of hydrogen-bond donors (Lipinski definition) is 3. The van der Waals surface area contributed by atoms with Gasteiger partial charge in [0.05, 0.1) is 11.5 Å². The monoisotopic (exact) mass is 346 g/mol. The lowest BCUT2D eigenvalue weighted by atomic mass is 10.3. The lowest BCUT2D eigenvalue weighted by Gasteiger charge is -2.15. The smallest absolute Gasteiger partial charge is 0.315 e. The van der Waals surface area contributed by atoms with E-state index in [0.717, 1.165) is 0 Å². The summed E-state index contributed by atoms with van der Waals surface area (Å²) in [6.45, 7) is -0.178. The van der Waals surface area contributed by atoms with Crippen molar-refractivity contribution < 1.29 is 27.4 Å². The average molecular weight is 346 g/mol. The van der Waals surface area contributed by atoms with E-state index in [2.05, 4.69) is 10.6 Å². The van der Waals surface area contributed by atoms with Gasteiger partial charge < -0.3 is 20.5 Å². The maximum Gasteiger partial charge on any atom is 0.315 e. The predicted octanol–water partition coefficient (Wildman–Crippen LogP) is 0.0517. The van der Waals surface area contributed by atoms with E-state index in [1.807, 2.05) is 0 Å². The fourth-order valence-electron chi connectivity index (χ4n) is 2.16. The maximum atomic E-state index is 12.9. The molecule has 1 aromatic carbocycles. The van der Waals surface area contributed by atoms with E-state index in [4.69, 9.17) is 4.74 Å². The normalized spacial score (nSPS) is 20.7. The molecule has 7 nitrogen and oxygen atoms in total. The highest BCUT2D eigenvalue weighted by Crippen LogP contribution is 2.12. The molecule has 0 radical (unpaired) electrons. The largest absolute Gasteiger partial charge is 0.491 e. The van der Waals surface area contributed by atoms with Crippen LogP contribution in [0.25, 0.3) is 0 Å². The van der Waals surface area contributed by atoms with Gasteiger partial charge in [0, 0.05) is 18.7 Å². The van der Waals surface area contributed by atoms with Crippen molar-refractivity contribution in [2.24, 2.45) is 0 Å². The Labute approximate surface area is 133 Å². The summed E-state index contributed by atoms with van der Waals surface area (Å²) < 4.78 is 40.7. The Kier molecular flexibility index (Phi) is 5.78. The Bertz CT molecular complexity index is 652. The number of sulfone groups is 1. The average Bonchev–Trinajstić information content (AvgIpc) is 2.82. The summed E-state index contributed by atoms with van der Waals surface area (Å²) >= 11 is 0. The Balaban J connectivity index is 1.66. The predicted molar refractivity (Wildman–Crippen MR) is 81.5 cm³/mol. The SMILES string of the molecule is O=C(NC[C@@H](O)COc1cccc(F)c1)N[C@H]1CCS(=O)(=O)C1. The zero-order valence-corrected chi connectivity index (χ0v) is 13.2. The molecule has 1 heterocycles. The molecule has 0 saturated carbocycles. The van der Waals surface area contributed by atoms with Crippen LogP contribution >= 0.6 is 0 Å². The number of carbonyl (C=O) groups excluding carboxylic acids is 1. The molecule has 2 atom stereocenters. The highest BCUT2D eigenvalue weighted by Gasteiger charge is 2.28. The first kappa shape index (κ1) is 17.5. The Morgan fingerprint density at radius 2 is 2.26 bits per heavy atom. The van der Waals surface area contributed by atoms with E-state index in [1.165, 1.54) is 18.2 Å². The van der Waals surface area contributed by atoms with Crippen LogP contribution in [0.5, 0.6) is 5.75 Å². The molecule has 1 saturated heterocycles. The number of halogens is 1. The number of ether oxygens (including phenoxy) is 1. The van der Waals surface area contributed by atoms with E-state index in [0.29, 0.717) is 6.42 Å². The van der Waals surface area contributed by atoms with Crippen molar-refractivity contribution in [3.8, 4) is 5.75 Å². The molecule has 0 unspecified atom stereocenters. The van der Waals surface area contributed by atoms with Gasteiger partial charge in [-0.2, -0.15) is 0 Å². The summed E-state index contributed by atoms with van der Waals surface area (Å²) in [6.07, 6.45) is -0.586. The molecule has 0 spiro atoms. The van der Waals surface area contributed by atoms with Crippen molar-refractivity contribution >= 4 is 15.9 Å². The quantitative estimate of drug-likeness (QED) is 0.675. The van der Waals surface area contributed by atoms with Gasteiger partial charge in [0.25, 0.3) is 0 Å². The zero-order chi connectivity index (χ0) is 16.9. The van der Waals surface area contributed by atoms with Gasteiger partial charge in [-0.15, -0.1) is 0 Å². The van der Waals surface area contributed by atoms with Crippen LogP contribution in [0.1, 0.15) is 6.42 Å². The third-order valence-corrected chi connectivity index (χ3v) is 5.07. The van der Waals surface area contributed by atoms with Gasteiger partial charge >= 0.3 is 6.03 Å². The number of carbonyl (C=O) groups is 1. The van der Waals surface area contributed by atoms with Crippen molar-refractivity contribution in [2.45, 2.75) is 18.6 Å². The van der Waals surface area contributed by atoms with E-state index < -0.39 is 33.8 Å². The number of aliphatic hydroxyl groups excluding tert-OH is 1. The fraction of sp³-hybridized carbons (Fsp3) is 0.500. The highest BCUT2D eigenvalue weighted by atomic mass is 32.2. The van der Waals surface area contributed by atoms with E-state index in [1.54, 1.807) is 6.07 Å². The second-order valence-corrected chi connectivity index (χ2v) is 7.61. The molecular formula is C14H19FN2O5S. The van der Waals surface area contributed by atoms with Crippen LogP contribution < -0.4 is 15.4 Å². The topological polar surface area (TPSA) is 105 Å². The number of hydrogen-bond acceptors (Lipinski definition) is 5. The molecule has 1 aliphatic rings. The molecule has 2 amide bonds. The molecule has 3 N–H and O–H groups in total. The van der Waals surface area contributed by atoms with Gasteiger partial charge in [0.1, 0.15) is 24.3 Å². The number of amides is 2. The van der Waals surface area contributed by atoms with Crippen LogP contribution in [0.15, 0.2) is 24.3 Å². The molecule has 2 rings (SSSR count). The second kappa shape index (κ2) is 7.60. The molecule has 9 heteroatoms. The first-order valence-corrected chi connectivity index (χ1v) is 8.97. The summed E-state index contributed by atoms with van der Waals surface area (Å²) in [7, 11) is -3.06. The number of nitrogens with one attached hydrogen (secondary N) is 2. The summed E-state index contributed by atoms with van der Waals surface area (Å²) in [5.74, 6) is -0.154. The Hall–Kier alpha value is -1.87. The highest BCUT2D eigenvalue weighted by molar-refractivity contribution is 7.91. The van der Waals surface area contributed by atoms with Crippen molar-refractivity contribution in [2.75, 3.05) is 24.7 Å². The molecule has 1 fully saturated rings. The van der Waals surface area contributed by atoms with Gasteiger partial charge in [0.15, 0.2) is 9.84 Å². The molecule has 23 heavy (non-hydrogen) atoms. The molecule has 128 valence electrons. The molecule has 0 bridgehead atoms. The minimum atomic E-state index is -3.06. The first-order valence-electron chi connectivity index (χ1n) is 7.15. The van der Waals surface area contributed by atoms with Gasteiger partial charge in [-0.3, -0.25) is 0 Å². The molecule has 0 aromatic heterocycles. The van der Waals surface area contributed by atoms with E-state index in [9.17, 15) is 22.7 Å². The molecule has 1 aromatic rings. The third kappa shape index (κ3) is 6.03. The van der Waals surface area contributed by atoms with E-state index in [-0.39, 0.29) is 30.4 Å². The van der Waals surface area contributed by atoms with Crippen molar-refractivity contribution in [1.29, 1.82) is 0 Å². The summed E-state index contributed by atoms with van der Waals surface area (Å²) in [5, 5.41) is 14.7. The summed E-state index contributed by atoms with van der Waals surface area (Å²) in [4.78, 5) is 11.6. The standard InChI is InChI=1S/C14H19FN2O5S/c15-10-2-1-3-13(6-10)22-8-12(18)7-16-14(19)17-11-4-5-23(20,21)9-11/h1-3,6,11-12,18H,4-5,7-9H2,(H2,16,17,19)/t11-,12+/m0/s1. The van der Waals surface area contributed by atoms with E-state index >= 15 is 0 Å². The molecular weight excluding hydrogens is 327 g/mol. The number of urea groups is 1. The van der Waals surface area contributed by atoms with Crippen molar-refractivity contribution in [3.63, 3.8) is 0 Å². The number of rotatable bonds is 6. The summed E-state index contributed by atoms with van der Waals surface area (Å²) in [5.41, 5.74) is 0. The molecule has 0 aliphatic carbocycles. The first-order chi connectivity index (χ1) is 10.8. The minimum Gasteiger partial charge on any atom is -0.491 e. The van der Waals surface area contributed by atoms with Crippen LogP contribution in [0.3, 0.4) is 0 Å². The van der Waals surface area contributed by atoms with Crippen LogP contribution in [0.4, 0.5) is 9.18 Å². The van der Waals surface area contributed by atoms with Gasteiger partial charge in [0.2, 0.25) is 0 Å². The third-order valence-electron chi connectivity index (χ3n) is 3.30. The van der Waals surface area contributed by atoms with Crippen LogP contribution in [-0.2, 0) is 9.84 Å². The minimum absolute atomic E-state index is 0.0638. The lowest BCUT2D eigenvalue weighted by molar-refractivity contribution is 0.107. The Morgan fingerprint density at radius 3 is 2.91 bits per heavy atom. The van der Waals surface area contributed by atoms with Gasteiger partial charge in [-0.1, -0.05) is 6.07 Å². The van der Waals surface area contributed by atoms with Gasteiger partial charge in [-0.05, 0) is 18.6 Å². The van der Waals surface area contributed by atoms with Crippen LogP contribution in [0, 0.1) is 5.82 Å². The second-order valence-electron chi connectivity index (χ2n) is 5.38. The van der Waals surface area contributed by atoms with Crippen molar-refractivity contribution in [3.05, 3.63) is 30.1 Å². The number of benzene rings is 1. The summed E-state index contributed by atoms with van der Waals surface area (Å²) in [6, 6.07) is 4.55. The maximum absolute atomic E-state index is 12.9.